The number of esters is 2. The van der Waals surface area contributed by atoms with Gasteiger partial charge in [0.25, 0.3) is 0 Å². The average molecular weight is 460 g/mol. The molecule has 33 heavy (non-hydrogen) atoms. The number of Topliss-reactive ketones (excluding diaryl/α,β-unsaturated/α-hetero) is 1. The Balaban J connectivity index is 1.75. The maximum atomic E-state index is 13.3. The first-order chi connectivity index (χ1) is 15.5. The second-order valence-corrected chi connectivity index (χ2v) is 10.1. The van der Waals surface area contributed by atoms with Gasteiger partial charge in [0, 0.05) is 26.2 Å². The Morgan fingerprint density at radius 1 is 0.939 bits per heavy atom. The molecule has 2 aliphatic rings. The van der Waals surface area contributed by atoms with Crippen molar-refractivity contribution in [1.29, 1.82) is 0 Å². The van der Waals surface area contributed by atoms with Gasteiger partial charge >= 0.3 is 11.9 Å². The van der Waals surface area contributed by atoms with E-state index in [1.54, 1.807) is 31.2 Å². The van der Waals surface area contributed by atoms with Gasteiger partial charge in [-0.3, -0.25) is 19.4 Å². The fourth-order valence-corrected chi connectivity index (χ4v) is 4.64. The van der Waals surface area contributed by atoms with Crippen LogP contribution in [0.25, 0.3) is 0 Å². The molecule has 2 saturated heterocycles. The van der Waals surface area contributed by atoms with Crippen LogP contribution in [-0.2, 0) is 19.1 Å². The maximum Gasteiger partial charge on any atom is 0.339 e. The van der Waals surface area contributed by atoms with Crippen LogP contribution in [0.15, 0.2) is 30.3 Å². The van der Waals surface area contributed by atoms with Crippen LogP contribution in [0.1, 0.15) is 47.5 Å². The van der Waals surface area contributed by atoms with Gasteiger partial charge in [-0.15, -0.1) is 0 Å². The summed E-state index contributed by atoms with van der Waals surface area (Å²) in [6.07, 6.45) is 1.34. The lowest BCUT2D eigenvalue weighted by Gasteiger charge is -2.50. The Morgan fingerprint density at radius 3 is 2.03 bits per heavy atom. The van der Waals surface area contributed by atoms with Crippen LogP contribution in [0.4, 0.5) is 0 Å². The predicted molar refractivity (Wildman–Crippen MR) is 125 cm³/mol. The van der Waals surface area contributed by atoms with Gasteiger partial charge in [-0.2, -0.15) is 0 Å². The summed E-state index contributed by atoms with van der Waals surface area (Å²) in [5, 5.41) is 3.33. The molecule has 0 spiro atoms. The van der Waals surface area contributed by atoms with E-state index >= 15 is 0 Å². The molecule has 2 fully saturated rings. The van der Waals surface area contributed by atoms with Crippen LogP contribution in [0.5, 0.6) is 5.75 Å². The highest BCUT2D eigenvalue weighted by Crippen LogP contribution is 2.32. The highest BCUT2D eigenvalue weighted by Gasteiger charge is 2.51. The molecule has 0 aliphatic carbocycles. The van der Waals surface area contributed by atoms with E-state index in [2.05, 4.69) is 10.2 Å². The van der Waals surface area contributed by atoms with E-state index < -0.39 is 22.6 Å². The molecule has 0 saturated carbocycles. The van der Waals surface area contributed by atoms with Crippen LogP contribution in [0.3, 0.4) is 0 Å². The first kappa shape index (κ1) is 25.3. The number of ether oxygens (including phenoxy) is 2. The number of benzene rings is 1. The second kappa shape index (κ2) is 9.91. The summed E-state index contributed by atoms with van der Waals surface area (Å²) in [7, 11) is 0. The Bertz CT molecular complexity index is 853. The zero-order valence-electron chi connectivity index (χ0n) is 20.5. The van der Waals surface area contributed by atoms with Crippen molar-refractivity contribution in [2.75, 3.05) is 39.3 Å². The molecule has 0 amide bonds. The summed E-state index contributed by atoms with van der Waals surface area (Å²) in [6, 6.07) is 8.78. The van der Waals surface area contributed by atoms with Crippen LogP contribution < -0.4 is 10.1 Å². The van der Waals surface area contributed by atoms with Gasteiger partial charge < -0.3 is 14.8 Å². The van der Waals surface area contributed by atoms with Gasteiger partial charge in [0.05, 0.1) is 0 Å². The molecule has 1 unspecified atom stereocenters. The summed E-state index contributed by atoms with van der Waals surface area (Å²) in [5.41, 5.74) is -2.65. The summed E-state index contributed by atoms with van der Waals surface area (Å²) in [5.74, 6) is -0.631. The van der Waals surface area contributed by atoms with Crippen molar-refractivity contribution in [2.24, 2.45) is 0 Å². The van der Waals surface area contributed by atoms with Crippen LogP contribution >= 0.6 is 0 Å². The Morgan fingerprint density at radius 2 is 1.52 bits per heavy atom. The number of ketones is 1. The lowest BCUT2D eigenvalue weighted by Crippen LogP contribution is -2.69. The fraction of sp³-hybridized carbons (Fsp3) is 0.640. The highest BCUT2D eigenvalue weighted by atomic mass is 16.6. The number of hydrogen-bond donors (Lipinski definition) is 1. The lowest BCUT2D eigenvalue weighted by molar-refractivity contribution is -0.176. The quantitative estimate of drug-likeness (QED) is 0.393. The minimum Gasteiger partial charge on any atom is -0.459 e. The number of carbonyl (C=O) groups excluding carboxylic acids is 3. The Hall–Kier alpha value is -2.29. The third-order valence-corrected chi connectivity index (χ3v) is 6.76. The van der Waals surface area contributed by atoms with E-state index in [0.717, 1.165) is 13.1 Å². The molecular weight excluding hydrogens is 422 g/mol. The lowest BCUT2D eigenvalue weighted by atomic mass is 9.85. The van der Waals surface area contributed by atoms with Crippen molar-refractivity contribution in [3.63, 3.8) is 0 Å². The predicted octanol–water partition coefficient (Wildman–Crippen LogP) is 2.02. The largest absolute Gasteiger partial charge is 0.459 e. The van der Waals surface area contributed by atoms with E-state index in [-0.39, 0.29) is 11.8 Å². The van der Waals surface area contributed by atoms with Gasteiger partial charge in [0.2, 0.25) is 0 Å². The fourth-order valence-electron chi connectivity index (χ4n) is 4.64. The van der Waals surface area contributed by atoms with Crippen molar-refractivity contribution in [3.8, 4) is 5.75 Å². The molecule has 1 N–H and O–H groups in total. The maximum absolute atomic E-state index is 13.3. The molecule has 1 atom stereocenters. The minimum absolute atomic E-state index is 0.192. The molecule has 3 rings (SSSR count). The molecule has 1 aromatic carbocycles. The van der Waals surface area contributed by atoms with Gasteiger partial charge in [-0.05, 0) is 72.7 Å². The summed E-state index contributed by atoms with van der Waals surface area (Å²) in [4.78, 5) is 43.1. The van der Waals surface area contributed by atoms with Crippen LogP contribution in [-0.4, -0.2) is 83.5 Å². The first-order valence-electron chi connectivity index (χ1n) is 11.7. The van der Waals surface area contributed by atoms with Crippen molar-refractivity contribution in [3.05, 3.63) is 30.3 Å². The highest BCUT2D eigenvalue weighted by molar-refractivity contribution is 6.07. The molecule has 182 valence electrons. The van der Waals surface area contributed by atoms with Gasteiger partial charge in [-0.25, -0.2) is 4.79 Å². The van der Waals surface area contributed by atoms with E-state index in [0.29, 0.717) is 44.8 Å². The molecule has 2 heterocycles. The van der Waals surface area contributed by atoms with Crippen molar-refractivity contribution in [2.45, 2.75) is 64.1 Å². The molecule has 8 nitrogen and oxygen atoms in total. The number of nitrogens with zero attached hydrogens (tertiary/aromatic N) is 2. The molecule has 0 radical (unpaired) electrons. The molecular formula is C25H37N3O5. The smallest absolute Gasteiger partial charge is 0.339 e. The third-order valence-electron chi connectivity index (χ3n) is 6.76. The van der Waals surface area contributed by atoms with Crippen LogP contribution in [0.2, 0.25) is 0 Å². The zero-order valence-corrected chi connectivity index (χ0v) is 20.5. The van der Waals surface area contributed by atoms with Gasteiger partial charge in [-0.1, -0.05) is 18.2 Å². The first-order valence-corrected chi connectivity index (χ1v) is 11.7. The van der Waals surface area contributed by atoms with Crippen molar-refractivity contribution >= 4 is 17.7 Å². The number of piperazine rings is 1. The number of piperidine rings is 1. The number of carbonyl (C=O) groups is 3. The van der Waals surface area contributed by atoms with E-state index in [4.69, 9.17) is 9.47 Å². The normalized spacial score (nSPS) is 21.6. The number of nitrogens with one attached hydrogen (secondary N) is 1. The van der Waals surface area contributed by atoms with E-state index in [1.807, 2.05) is 31.7 Å². The monoisotopic (exact) mass is 459 g/mol. The van der Waals surface area contributed by atoms with E-state index in [1.165, 1.54) is 6.92 Å². The number of rotatable bonds is 6. The Labute approximate surface area is 196 Å². The summed E-state index contributed by atoms with van der Waals surface area (Å²) >= 11 is 0. The Kier molecular flexibility index (Phi) is 7.61. The van der Waals surface area contributed by atoms with Crippen molar-refractivity contribution < 1.29 is 23.9 Å². The van der Waals surface area contributed by atoms with Crippen molar-refractivity contribution in [1.82, 2.24) is 15.1 Å². The van der Waals surface area contributed by atoms with E-state index in [9.17, 15) is 14.4 Å². The summed E-state index contributed by atoms with van der Waals surface area (Å²) < 4.78 is 11.4. The summed E-state index contributed by atoms with van der Waals surface area (Å²) in [6.45, 7) is 12.2. The second-order valence-electron chi connectivity index (χ2n) is 10.1. The molecule has 8 heteroatoms. The topological polar surface area (TPSA) is 88.2 Å². The number of hydrogen-bond acceptors (Lipinski definition) is 8. The minimum atomic E-state index is -1.39. The molecule has 1 aromatic rings. The van der Waals surface area contributed by atoms with Crippen LogP contribution in [0, 0.1) is 0 Å². The zero-order chi connectivity index (χ0) is 24.3. The molecule has 0 aromatic heterocycles. The SMILES string of the molecule is CC(=O)C(C)(C(=O)Oc1ccccc1)N1CCN(C2(C(=O)OC(C)(C)C)CCNCC2)CC1. The number of para-hydroxylation sites is 1. The average Bonchev–Trinajstić information content (AvgIpc) is 2.78. The standard InChI is InChI=1S/C25H37N3O5/c1-19(29)24(5,21(30)32-20-9-7-6-8-10-20)27-15-17-28(18-16-27)25(11-13-26-14-12-25)22(31)33-23(2,3)4/h6-10,26H,11-18H2,1-5H3. The van der Waals surface area contributed by atoms with Gasteiger partial charge in [0.1, 0.15) is 16.9 Å². The molecule has 2 aliphatic heterocycles. The molecule has 0 bridgehead atoms. The van der Waals surface area contributed by atoms with Gasteiger partial charge in [0.15, 0.2) is 11.3 Å². The third kappa shape index (κ3) is 5.45.